The molecule has 0 aromatic heterocycles. The molecular weight excluding hydrogens is 215 g/mol. The third-order valence-electron chi connectivity index (χ3n) is 2.37. The van der Waals surface area contributed by atoms with Crippen LogP contribution < -0.4 is 15.1 Å². The zero-order valence-electron chi connectivity index (χ0n) is 8.69. The molecule has 0 unspecified atom stereocenters. The van der Waals surface area contributed by atoms with Crippen LogP contribution in [0.25, 0.3) is 0 Å². The predicted molar refractivity (Wildman–Crippen MR) is 54.1 cm³/mol. The Balaban J connectivity index is 3.44. The first-order valence-electron chi connectivity index (χ1n) is 4.78. The molecule has 0 heterocycles. The van der Waals surface area contributed by atoms with Crippen molar-refractivity contribution in [2.24, 2.45) is 0 Å². The second kappa shape index (κ2) is 4.35. The Morgan fingerprint density at radius 3 is 2.27 bits per heavy atom. The van der Waals surface area contributed by atoms with Gasteiger partial charge in [0.1, 0.15) is 5.75 Å². The second-order valence-corrected chi connectivity index (χ2v) is 4.75. The molecule has 0 amide bonds. The summed E-state index contributed by atoms with van der Waals surface area (Å²) in [6.45, 7) is 3.55. The topological polar surface area (TPSA) is 83.4 Å². The van der Waals surface area contributed by atoms with Crippen LogP contribution in [0.2, 0.25) is 0 Å². The Morgan fingerprint density at radius 2 is 1.87 bits per heavy atom. The Labute approximate surface area is 88.7 Å². The van der Waals surface area contributed by atoms with Crippen molar-refractivity contribution in [2.45, 2.75) is 26.7 Å². The lowest BCUT2D eigenvalue weighted by Gasteiger charge is -2.32. The van der Waals surface area contributed by atoms with Crippen LogP contribution in [0.4, 0.5) is 0 Å². The van der Waals surface area contributed by atoms with Crippen LogP contribution in [0.15, 0.2) is 12.1 Å². The van der Waals surface area contributed by atoms with Crippen molar-refractivity contribution in [2.75, 3.05) is 0 Å². The number of hydrogen-bond acceptors (Lipinski definition) is 4. The van der Waals surface area contributed by atoms with Crippen LogP contribution in [0.5, 0.6) is 5.75 Å². The van der Waals surface area contributed by atoms with Gasteiger partial charge in [-0.05, 0) is 31.3 Å². The lowest BCUT2D eigenvalue weighted by Crippen LogP contribution is -2.27. The molecule has 84 valence electrons. The maximum atomic E-state index is 10.9. The average Bonchev–Trinajstić information content (AvgIpc) is 2.15. The SMILES string of the molecule is CCc1ccc(P(=O)([O-])[O-])c(CC)c1O. The fraction of sp³-hybridized carbons (Fsp3) is 0.400. The molecule has 0 bridgehead atoms. The largest absolute Gasteiger partial charge is 0.807 e. The third kappa shape index (κ3) is 2.40. The van der Waals surface area contributed by atoms with Crippen molar-refractivity contribution >= 4 is 12.9 Å². The van der Waals surface area contributed by atoms with Gasteiger partial charge in [-0.25, -0.2) is 0 Å². The molecule has 1 N–H and O–H groups in total. The summed E-state index contributed by atoms with van der Waals surface area (Å²) in [6.07, 6.45) is 0.921. The zero-order chi connectivity index (χ0) is 11.6. The number of benzene rings is 1. The quantitative estimate of drug-likeness (QED) is 0.741. The molecule has 1 aromatic rings. The smallest absolute Gasteiger partial charge is 0.122 e. The molecule has 4 nitrogen and oxygen atoms in total. The second-order valence-electron chi connectivity index (χ2n) is 3.28. The van der Waals surface area contributed by atoms with E-state index < -0.39 is 7.60 Å². The third-order valence-corrected chi connectivity index (χ3v) is 3.38. The molecule has 1 rings (SSSR count). The van der Waals surface area contributed by atoms with Gasteiger partial charge in [-0.3, -0.25) is 0 Å². The van der Waals surface area contributed by atoms with Gasteiger partial charge in [0.2, 0.25) is 0 Å². The van der Waals surface area contributed by atoms with E-state index in [1.807, 2.05) is 6.92 Å². The van der Waals surface area contributed by atoms with E-state index in [0.29, 0.717) is 18.4 Å². The van der Waals surface area contributed by atoms with Crippen molar-refractivity contribution in [3.8, 4) is 5.75 Å². The number of rotatable bonds is 3. The summed E-state index contributed by atoms with van der Waals surface area (Å²) in [5.41, 5.74) is 0.881. The maximum Gasteiger partial charge on any atom is 0.122 e. The average molecular weight is 228 g/mol. The molecule has 0 aliphatic heterocycles. The summed E-state index contributed by atoms with van der Waals surface area (Å²) in [5, 5.41) is 9.44. The first-order chi connectivity index (χ1) is 6.91. The number of phenolic OH excluding ortho intramolecular Hbond substituents is 1. The molecule has 5 heteroatoms. The van der Waals surface area contributed by atoms with E-state index in [-0.39, 0.29) is 16.6 Å². The minimum atomic E-state index is -4.79. The van der Waals surface area contributed by atoms with E-state index in [4.69, 9.17) is 0 Å². The standard InChI is InChI=1S/C10H15O4P/c1-3-7-5-6-9(15(12,13)14)8(4-2)10(7)11/h5-6,11H,3-4H2,1-2H3,(H2,12,13,14)/p-2. The summed E-state index contributed by atoms with van der Waals surface area (Å²) >= 11 is 0. The van der Waals surface area contributed by atoms with Crippen LogP contribution >= 0.6 is 7.60 Å². The van der Waals surface area contributed by atoms with Gasteiger partial charge in [0.25, 0.3) is 0 Å². The highest BCUT2D eigenvalue weighted by Gasteiger charge is 2.12. The van der Waals surface area contributed by atoms with Gasteiger partial charge in [0, 0.05) is 5.56 Å². The zero-order valence-corrected chi connectivity index (χ0v) is 9.58. The fourth-order valence-corrected chi connectivity index (χ4v) is 2.42. The van der Waals surface area contributed by atoms with E-state index in [2.05, 4.69) is 0 Å². The molecular formula is C10H13O4P-2. The summed E-state index contributed by atoms with van der Waals surface area (Å²) in [7, 11) is -4.79. The molecule has 0 saturated carbocycles. The number of hydrogen-bond donors (Lipinski definition) is 1. The highest BCUT2D eigenvalue weighted by Crippen LogP contribution is 2.31. The minimum absolute atomic E-state index is 0.0653. The number of phenols is 1. The molecule has 0 spiro atoms. The number of aromatic hydroxyl groups is 1. The predicted octanol–water partition coefficient (Wildman–Crippen LogP) is 0.0560. The molecule has 1 aromatic carbocycles. The first-order valence-corrected chi connectivity index (χ1v) is 6.32. The van der Waals surface area contributed by atoms with Crippen LogP contribution in [0, 0.1) is 0 Å². The van der Waals surface area contributed by atoms with E-state index in [1.54, 1.807) is 6.92 Å². The summed E-state index contributed by atoms with van der Waals surface area (Å²) in [4.78, 5) is 21.9. The van der Waals surface area contributed by atoms with Crippen molar-refractivity contribution in [3.63, 3.8) is 0 Å². The highest BCUT2D eigenvalue weighted by molar-refractivity contribution is 7.57. The van der Waals surface area contributed by atoms with E-state index in [9.17, 15) is 19.5 Å². The molecule has 15 heavy (non-hydrogen) atoms. The maximum absolute atomic E-state index is 10.9. The van der Waals surface area contributed by atoms with Gasteiger partial charge in [-0.15, -0.1) is 0 Å². The highest BCUT2D eigenvalue weighted by atomic mass is 31.2. The lowest BCUT2D eigenvalue weighted by atomic mass is 10.1. The summed E-state index contributed by atoms with van der Waals surface area (Å²) in [5.74, 6) is -0.0653. The van der Waals surface area contributed by atoms with Crippen molar-refractivity contribution in [1.82, 2.24) is 0 Å². The summed E-state index contributed by atoms with van der Waals surface area (Å²) in [6, 6.07) is 2.75. The van der Waals surface area contributed by atoms with Crippen molar-refractivity contribution in [1.29, 1.82) is 0 Å². The Morgan fingerprint density at radius 1 is 1.27 bits per heavy atom. The van der Waals surface area contributed by atoms with Gasteiger partial charge < -0.3 is 19.5 Å². The van der Waals surface area contributed by atoms with Crippen LogP contribution in [0.3, 0.4) is 0 Å². The number of aryl methyl sites for hydroxylation is 1. The normalized spacial score (nSPS) is 11.7. The van der Waals surface area contributed by atoms with E-state index in [1.165, 1.54) is 12.1 Å². The van der Waals surface area contributed by atoms with Gasteiger partial charge in [0.05, 0.1) is 0 Å². The Bertz CT molecular complexity index is 408. The molecule has 0 radical (unpaired) electrons. The van der Waals surface area contributed by atoms with Gasteiger partial charge in [-0.1, -0.05) is 26.0 Å². The minimum Gasteiger partial charge on any atom is -0.807 e. The van der Waals surface area contributed by atoms with E-state index >= 15 is 0 Å². The van der Waals surface area contributed by atoms with E-state index in [0.717, 1.165) is 0 Å². The van der Waals surface area contributed by atoms with Crippen LogP contribution in [-0.2, 0) is 17.4 Å². The van der Waals surface area contributed by atoms with Gasteiger partial charge >= 0.3 is 0 Å². The lowest BCUT2D eigenvalue weighted by molar-refractivity contribution is -0.308. The molecule has 0 fully saturated rings. The Kier molecular flexibility index (Phi) is 3.55. The molecule has 0 saturated heterocycles. The first kappa shape index (κ1) is 12.2. The molecule has 0 aliphatic carbocycles. The van der Waals surface area contributed by atoms with Gasteiger partial charge in [0.15, 0.2) is 0 Å². The fourth-order valence-electron chi connectivity index (χ4n) is 1.56. The Hall–Kier alpha value is -0.830. The van der Waals surface area contributed by atoms with Crippen molar-refractivity contribution < 1.29 is 19.5 Å². The van der Waals surface area contributed by atoms with Crippen LogP contribution in [0.1, 0.15) is 25.0 Å². The molecule has 0 aliphatic rings. The monoisotopic (exact) mass is 228 g/mol. The molecule has 0 atom stereocenters. The van der Waals surface area contributed by atoms with Crippen LogP contribution in [-0.4, -0.2) is 5.11 Å². The summed E-state index contributed by atoms with van der Waals surface area (Å²) < 4.78 is 10.9. The van der Waals surface area contributed by atoms with Crippen molar-refractivity contribution in [3.05, 3.63) is 23.3 Å². The van der Waals surface area contributed by atoms with Gasteiger partial charge in [-0.2, -0.15) is 0 Å².